The largest absolute Gasteiger partial charge is 0.453 e. The molecule has 4 bridgehead atoms. The number of imidazole rings is 1. The van der Waals surface area contributed by atoms with Crippen LogP contribution < -0.4 is 0 Å². The van der Waals surface area contributed by atoms with Crippen LogP contribution >= 0.6 is 0 Å². The first-order valence-corrected chi connectivity index (χ1v) is 9.67. The molecule has 0 amide bonds. The van der Waals surface area contributed by atoms with Crippen LogP contribution in [-0.2, 0) is 9.53 Å². The molecule has 0 aromatic carbocycles. The molecule has 0 atom stereocenters. The minimum Gasteiger partial charge on any atom is -0.453 e. The lowest BCUT2D eigenvalue weighted by atomic mass is 9.48. The first-order valence-electron chi connectivity index (χ1n) is 9.67. The number of fused-ring (bicyclic) bond motifs is 1. The van der Waals surface area contributed by atoms with Gasteiger partial charge in [0.1, 0.15) is 5.65 Å². The Morgan fingerprint density at radius 1 is 1.15 bits per heavy atom. The summed E-state index contributed by atoms with van der Waals surface area (Å²) < 4.78 is 7.24. The Kier molecular flexibility index (Phi) is 3.49. The zero-order chi connectivity index (χ0) is 17.9. The minimum absolute atomic E-state index is 0.113. The SMILES string of the molecule is Cc1cccc2nc(C(=O)OCC(=O)C34CC5CC(CC(C5)C3)C4)cn12. The second kappa shape index (κ2) is 5.66. The van der Waals surface area contributed by atoms with Crippen LogP contribution in [0.15, 0.2) is 24.4 Å². The second-order valence-corrected chi connectivity index (χ2v) is 8.72. The zero-order valence-corrected chi connectivity index (χ0v) is 15.1. The molecule has 26 heavy (non-hydrogen) atoms. The maximum absolute atomic E-state index is 13.0. The van der Waals surface area contributed by atoms with E-state index in [2.05, 4.69) is 4.98 Å². The van der Waals surface area contributed by atoms with E-state index in [0.29, 0.717) is 23.4 Å². The summed E-state index contributed by atoms with van der Waals surface area (Å²) >= 11 is 0. The molecule has 0 saturated heterocycles. The van der Waals surface area contributed by atoms with Gasteiger partial charge in [0.15, 0.2) is 18.1 Å². The molecule has 4 aliphatic rings. The van der Waals surface area contributed by atoms with E-state index in [-0.39, 0.29) is 23.5 Å². The van der Waals surface area contributed by atoms with E-state index < -0.39 is 5.97 Å². The number of ether oxygens (including phenoxy) is 1. The third kappa shape index (κ3) is 2.48. The predicted molar refractivity (Wildman–Crippen MR) is 95.8 cm³/mol. The molecule has 0 unspecified atom stereocenters. The molecule has 2 aromatic rings. The van der Waals surface area contributed by atoms with Crippen LogP contribution in [0.1, 0.15) is 54.7 Å². The Bertz CT molecular complexity index is 863. The minimum atomic E-state index is -0.508. The Labute approximate surface area is 152 Å². The van der Waals surface area contributed by atoms with Gasteiger partial charge in [-0.1, -0.05) is 6.07 Å². The normalized spacial score (nSPS) is 32.1. The Hall–Kier alpha value is -2.17. The van der Waals surface area contributed by atoms with Crippen LogP contribution in [0.2, 0.25) is 0 Å². The van der Waals surface area contributed by atoms with Gasteiger partial charge < -0.3 is 9.14 Å². The van der Waals surface area contributed by atoms with Crippen LogP contribution in [0.4, 0.5) is 0 Å². The standard InChI is InChI=1S/C21H24N2O3/c1-13-3-2-4-19-22-17(11-23(13)19)20(25)26-12-18(24)21-8-14-5-15(9-21)7-16(6-14)10-21/h2-4,11,14-16H,5-10,12H2,1H3. The lowest BCUT2D eigenvalue weighted by Gasteiger charge is -2.55. The number of esters is 1. The van der Waals surface area contributed by atoms with Crippen LogP contribution in [0, 0.1) is 30.1 Å². The number of carbonyl (C=O) groups excluding carboxylic acids is 2. The molecule has 2 heterocycles. The fourth-order valence-corrected chi connectivity index (χ4v) is 6.06. The summed E-state index contributed by atoms with van der Waals surface area (Å²) in [6, 6.07) is 5.72. The van der Waals surface area contributed by atoms with Gasteiger partial charge >= 0.3 is 5.97 Å². The maximum atomic E-state index is 13.0. The summed E-state index contributed by atoms with van der Waals surface area (Å²) in [5.41, 5.74) is 1.76. The fraction of sp³-hybridized carbons (Fsp3) is 0.571. The van der Waals surface area contributed by atoms with Crippen molar-refractivity contribution in [2.24, 2.45) is 23.2 Å². The third-order valence-electron chi connectivity index (χ3n) is 6.87. The summed E-state index contributed by atoms with van der Waals surface area (Å²) in [5.74, 6) is 1.75. The smallest absolute Gasteiger partial charge is 0.359 e. The number of aromatic nitrogens is 2. The predicted octanol–water partition coefficient (Wildman–Crippen LogP) is 3.59. The van der Waals surface area contributed by atoms with E-state index in [4.69, 9.17) is 4.74 Å². The molecule has 2 aromatic heterocycles. The van der Waals surface area contributed by atoms with E-state index >= 15 is 0 Å². The number of Topliss-reactive ketones (excluding diaryl/α,β-unsaturated/α-hetero) is 1. The average molecular weight is 352 g/mol. The number of hydrogen-bond acceptors (Lipinski definition) is 4. The van der Waals surface area contributed by atoms with E-state index in [1.807, 2.05) is 29.5 Å². The van der Waals surface area contributed by atoms with Crippen LogP contribution in [0.5, 0.6) is 0 Å². The van der Waals surface area contributed by atoms with Crippen molar-refractivity contribution in [2.75, 3.05) is 6.61 Å². The highest BCUT2D eigenvalue weighted by Gasteiger charge is 2.54. The van der Waals surface area contributed by atoms with E-state index in [9.17, 15) is 9.59 Å². The Morgan fingerprint density at radius 2 is 1.81 bits per heavy atom. The second-order valence-electron chi connectivity index (χ2n) is 8.72. The first kappa shape index (κ1) is 16.0. The summed E-state index contributed by atoms with van der Waals surface area (Å²) in [6.07, 6.45) is 8.59. The quantitative estimate of drug-likeness (QED) is 0.789. The third-order valence-corrected chi connectivity index (χ3v) is 6.87. The van der Waals surface area contributed by atoms with E-state index in [1.54, 1.807) is 6.20 Å². The molecule has 136 valence electrons. The topological polar surface area (TPSA) is 60.7 Å². The van der Waals surface area contributed by atoms with Gasteiger partial charge in [-0.05, 0) is 75.3 Å². The highest BCUT2D eigenvalue weighted by molar-refractivity contribution is 5.92. The number of hydrogen-bond donors (Lipinski definition) is 0. The lowest BCUT2D eigenvalue weighted by Crippen LogP contribution is -2.51. The van der Waals surface area contributed by atoms with E-state index in [0.717, 1.165) is 25.0 Å². The monoisotopic (exact) mass is 352 g/mol. The van der Waals surface area contributed by atoms with Crippen molar-refractivity contribution in [1.29, 1.82) is 0 Å². The molecule has 0 aliphatic heterocycles. The summed E-state index contributed by atoms with van der Waals surface area (Å²) in [5, 5.41) is 0. The zero-order valence-electron chi connectivity index (χ0n) is 15.1. The molecule has 0 radical (unpaired) electrons. The molecule has 4 fully saturated rings. The fourth-order valence-electron chi connectivity index (χ4n) is 6.06. The Morgan fingerprint density at radius 3 is 2.42 bits per heavy atom. The number of carbonyl (C=O) groups is 2. The highest BCUT2D eigenvalue weighted by Crippen LogP contribution is 2.60. The summed E-state index contributed by atoms with van der Waals surface area (Å²) in [6.45, 7) is 1.85. The number of nitrogens with zero attached hydrogens (tertiary/aromatic N) is 2. The van der Waals surface area contributed by atoms with Gasteiger partial charge in [-0.3, -0.25) is 4.79 Å². The van der Waals surface area contributed by atoms with Crippen molar-refractivity contribution in [1.82, 2.24) is 9.38 Å². The highest BCUT2D eigenvalue weighted by atomic mass is 16.5. The van der Waals surface area contributed by atoms with Crippen molar-refractivity contribution in [3.63, 3.8) is 0 Å². The van der Waals surface area contributed by atoms with Gasteiger partial charge in [-0.2, -0.15) is 0 Å². The van der Waals surface area contributed by atoms with Gasteiger partial charge in [0.05, 0.1) is 0 Å². The van der Waals surface area contributed by atoms with Crippen molar-refractivity contribution >= 4 is 17.4 Å². The van der Waals surface area contributed by atoms with Gasteiger partial charge in [0.2, 0.25) is 0 Å². The molecule has 4 aliphatic carbocycles. The summed E-state index contributed by atoms with van der Waals surface area (Å²) in [7, 11) is 0. The Balaban J connectivity index is 1.29. The number of ketones is 1. The molecule has 5 heteroatoms. The molecular weight excluding hydrogens is 328 g/mol. The lowest BCUT2D eigenvalue weighted by molar-refractivity contribution is -0.147. The average Bonchev–Trinajstić information content (AvgIpc) is 3.04. The molecular formula is C21H24N2O3. The molecule has 0 N–H and O–H groups in total. The van der Waals surface area contributed by atoms with Crippen LogP contribution in [0.25, 0.3) is 5.65 Å². The van der Waals surface area contributed by atoms with Crippen LogP contribution in [0.3, 0.4) is 0 Å². The molecule has 4 saturated carbocycles. The van der Waals surface area contributed by atoms with E-state index in [1.165, 1.54) is 19.3 Å². The van der Waals surface area contributed by atoms with Crippen LogP contribution in [-0.4, -0.2) is 27.7 Å². The number of pyridine rings is 1. The van der Waals surface area contributed by atoms with Gasteiger partial charge in [0, 0.05) is 17.3 Å². The first-order chi connectivity index (χ1) is 12.5. The molecule has 6 rings (SSSR count). The molecule has 0 spiro atoms. The van der Waals surface area contributed by atoms with Crippen molar-refractivity contribution in [3.8, 4) is 0 Å². The van der Waals surface area contributed by atoms with Gasteiger partial charge in [-0.15, -0.1) is 0 Å². The maximum Gasteiger partial charge on any atom is 0.359 e. The van der Waals surface area contributed by atoms with Gasteiger partial charge in [0.25, 0.3) is 0 Å². The van der Waals surface area contributed by atoms with Crippen molar-refractivity contribution in [3.05, 3.63) is 35.8 Å². The molecule has 5 nitrogen and oxygen atoms in total. The number of aryl methyl sites for hydroxylation is 1. The van der Waals surface area contributed by atoms with Gasteiger partial charge in [-0.25, -0.2) is 9.78 Å². The summed E-state index contributed by atoms with van der Waals surface area (Å²) in [4.78, 5) is 29.7. The number of rotatable bonds is 4. The van der Waals surface area contributed by atoms with Crippen molar-refractivity contribution in [2.45, 2.75) is 45.4 Å². The van der Waals surface area contributed by atoms with Crippen molar-refractivity contribution < 1.29 is 14.3 Å².